The summed E-state index contributed by atoms with van der Waals surface area (Å²) in [5.41, 5.74) is 2.43. The Morgan fingerprint density at radius 3 is 2.85 bits per heavy atom. The van der Waals surface area contributed by atoms with E-state index in [1.165, 1.54) is 18.4 Å². The van der Waals surface area contributed by atoms with Crippen molar-refractivity contribution < 1.29 is 0 Å². The molecule has 0 saturated heterocycles. The van der Waals surface area contributed by atoms with Gasteiger partial charge in [-0.2, -0.15) is 0 Å². The van der Waals surface area contributed by atoms with E-state index >= 15 is 0 Å². The van der Waals surface area contributed by atoms with E-state index in [-0.39, 0.29) is 0 Å². The second-order valence-electron chi connectivity index (χ2n) is 3.74. The fourth-order valence-electron chi connectivity index (χ4n) is 1.30. The summed E-state index contributed by atoms with van der Waals surface area (Å²) in [5.74, 6) is 0. The molecule has 2 rings (SSSR count). The average molecular weight is 196 g/mol. The maximum Gasteiger partial charge on any atom is 0.0438 e. The van der Waals surface area contributed by atoms with E-state index < -0.39 is 0 Å². The number of rotatable bonds is 3. The number of nitrogens with one attached hydrogen (secondary N) is 1. The van der Waals surface area contributed by atoms with E-state index in [1.54, 1.807) is 0 Å². The Bertz CT molecular complexity index is 305. The molecule has 1 saturated carbocycles. The summed E-state index contributed by atoms with van der Waals surface area (Å²) in [5, 5.41) is 4.33. The monoisotopic (exact) mass is 195 g/mol. The Hall–Kier alpha value is -0.530. The van der Waals surface area contributed by atoms with Gasteiger partial charge < -0.3 is 5.32 Å². The Labute approximate surface area is 84.1 Å². The largest absolute Gasteiger partial charge is 0.310 e. The minimum absolute atomic E-state index is 0.764. The second-order valence-corrected chi connectivity index (χ2v) is 4.15. The van der Waals surface area contributed by atoms with E-state index in [2.05, 4.69) is 17.4 Å². The smallest absolute Gasteiger partial charge is 0.0438 e. The molecular formula is C11H14ClN. The standard InChI is InChI=1S/C11H14ClN/c1-8-2-3-9(6-11(8)12)7-13-10-4-5-10/h2-3,6,10,13H,4-5,7H2,1H3. The van der Waals surface area contributed by atoms with Gasteiger partial charge in [-0.3, -0.25) is 0 Å². The molecule has 1 aliphatic carbocycles. The fraction of sp³-hybridized carbons (Fsp3) is 0.455. The van der Waals surface area contributed by atoms with Crippen LogP contribution in [-0.2, 0) is 6.54 Å². The van der Waals surface area contributed by atoms with Gasteiger partial charge in [-0.15, -0.1) is 0 Å². The van der Waals surface area contributed by atoms with E-state index in [0.29, 0.717) is 0 Å². The van der Waals surface area contributed by atoms with Gasteiger partial charge in [-0.25, -0.2) is 0 Å². The molecule has 1 aliphatic rings. The molecule has 0 amide bonds. The van der Waals surface area contributed by atoms with Gasteiger partial charge >= 0.3 is 0 Å². The summed E-state index contributed by atoms with van der Waals surface area (Å²) < 4.78 is 0. The number of aryl methyl sites for hydroxylation is 1. The van der Waals surface area contributed by atoms with Crippen LogP contribution >= 0.6 is 11.6 Å². The third-order valence-corrected chi connectivity index (χ3v) is 2.82. The average Bonchev–Trinajstić information content (AvgIpc) is 2.91. The molecule has 1 aromatic rings. The van der Waals surface area contributed by atoms with E-state index in [0.717, 1.165) is 23.2 Å². The highest BCUT2D eigenvalue weighted by molar-refractivity contribution is 6.31. The zero-order valence-corrected chi connectivity index (χ0v) is 8.56. The number of hydrogen-bond acceptors (Lipinski definition) is 1. The molecule has 13 heavy (non-hydrogen) atoms. The molecule has 0 bridgehead atoms. The predicted molar refractivity (Wildman–Crippen MR) is 56.1 cm³/mol. The minimum atomic E-state index is 0.764. The number of halogens is 1. The molecule has 1 fully saturated rings. The molecule has 1 N–H and O–H groups in total. The Morgan fingerprint density at radius 1 is 1.46 bits per heavy atom. The second kappa shape index (κ2) is 3.69. The van der Waals surface area contributed by atoms with Gasteiger partial charge in [0.1, 0.15) is 0 Å². The summed E-state index contributed by atoms with van der Waals surface area (Å²) in [6, 6.07) is 7.02. The first-order valence-electron chi connectivity index (χ1n) is 4.74. The van der Waals surface area contributed by atoms with Crippen LogP contribution in [0, 0.1) is 6.92 Å². The molecule has 2 heteroatoms. The maximum atomic E-state index is 6.02. The van der Waals surface area contributed by atoms with Crippen molar-refractivity contribution in [1.82, 2.24) is 5.32 Å². The molecule has 0 aliphatic heterocycles. The third kappa shape index (κ3) is 2.45. The van der Waals surface area contributed by atoms with Crippen LogP contribution in [0.4, 0.5) is 0 Å². The third-order valence-electron chi connectivity index (χ3n) is 2.41. The molecule has 0 radical (unpaired) electrons. The van der Waals surface area contributed by atoms with Crippen molar-refractivity contribution in [2.45, 2.75) is 32.4 Å². The summed E-state index contributed by atoms with van der Waals surface area (Å²) in [6.45, 7) is 2.98. The van der Waals surface area contributed by atoms with E-state index in [4.69, 9.17) is 11.6 Å². The van der Waals surface area contributed by atoms with Gasteiger partial charge in [0.2, 0.25) is 0 Å². The highest BCUT2D eigenvalue weighted by Gasteiger charge is 2.19. The summed E-state index contributed by atoms with van der Waals surface area (Å²) in [7, 11) is 0. The van der Waals surface area contributed by atoms with Gasteiger partial charge in [0.15, 0.2) is 0 Å². The van der Waals surface area contributed by atoms with Crippen molar-refractivity contribution in [1.29, 1.82) is 0 Å². The lowest BCUT2D eigenvalue weighted by molar-refractivity contribution is 0.688. The molecule has 0 atom stereocenters. The first kappa shape index (κ1) is 9.04. The molecule has 0 heterocycles. The van der Waals surface area contributed by atoms with Crippen molar-refractivity contribution in [3.05, 3.63) is 34.3 Å². The van der Waals surface area contributed by atoms with Crippen LogP contribution in [0.1, 0.15) is 24.0 Å². The molecule has 0 unspecified atom stereocenters. The number of benzene rings is 1. The van der Waals surface area contributed by atoms with Crippen LogP contribution in [0.15, 0.2) is 18.2 Å². The number of hydrogen-bond donors (Lipinski definition) is 1. The van der Waals surface area contributed by atoms with Crippen LogP contribution < -0.4 is 5.32 Å². The molecule has 1 aromatic carbocycles. The lowest BCUT2D eigenvalue weighted by Gasteiger charge is -2.04. The predicted octanol–water partition coefficient (Wildman–Crippen LogP) is 2.90. The Morgan fingerprint density at radius 2 is 2.23 bits per heavy atom. The fourth-order valence-corrected chi connectivity index (χ4v) is 1.50. The highest BCUT2D eigenvalue weighted by Crippen LogP contribution is 2.20. The quantitative estimate of drug-likeness (QED) is 0.782. The Kier molecular flexibility index (Phi) is 2.56. The molecule has 70 valence electrons. The lowest BCUT2D eigenvalue weighted by Crippen LogP contribution is -2.15. The van der Waals surface area contributed by atoms with Crippen molar-refractivity contribution in [3.63, 3.8) is 0 Å². The van der Waals surface area contributed by atoms with Crippen molar-refractivity contribution >= 4 is 11.6 Å². The van der Waals surface area contributed by atoms with E-state index in [9.17, 15) is 0 Å². The molecular weight excluding hydrogens is 182 g/mol. The van der Waals surface area contributed by atoms with E-state index in [1.807, 2.05) is 13.0 Å². The van der Waals surface area contributed by atoms with Gasteiger partial charge in [-0.05, 0) is 37.0 Å². The van der Waals surface area contributed by atoms with Crippen LogP contribution in [0.2, 0.25) is 5.02 Å². The first-order valence-corrected chi connectivity index (χ1v) is 5.12. The Balaban J connectivity index is 1.98. The zero-order valence-electron chi connectivity index (χ0n) is 7.81. The van der Waals surface area contributed by atoms with Gasteiger partial charge in [-0.1, -0.05) is 23.7 Å². The van der Waals surface area contributed by atoms with Crippen LogP contribution in [0.3, 0.4) is 0 Å². The van der Waals surface area contributed by atoms with Crippen molar-refractivity contribution in [2.75, 3.05) is 0 Å². The maximum absolute atomic E-state index is 6.02. The highest BCUT2D eigenvalue weighted by atomic mass is 35.5. The van der Waals surface area contributed by atoms with Crippen LogP contribution in [0.5, 0.6) is 0 Å². The SMILES string of the molecule is Cc1ccc(CNC2CC2)cc1Cl. The van der Waals surface area contributed by atoms with Gasteiger partial charge in [0.05, 0.1) is 0 Å². The molecule has 1 nitrogen and oxygen atoms in total. The summed E-state index contributed by atoms with van der Waals surface area (Å²) >= 11 is 6.02. The summed E-state index contributed by atoms with van der Waals surface area (Å²) in [4.78, 5) is 0. The lowest BCUT2D eigenvalue weighted by atomic mass is 10.1. The first-order chi connectivity index (χ1) is 6.25. The normalized spacial score (nSPS) is 16.2. The molecule has 0 aromatic heterocycles. The molecule has 0 spiro atoms. The van der Waals surface area contributed by atoms with Gasteiger partial charge in [0, 0.05) is 17.6 Å². The summed E-state index contributed by atoms with van der Waals surface area (Å²) in [6.07, 6.45) is 2.67. The van der Waals surface area contributed by atoms with Crippen LogP contribution in [0.25, 0.3) is 0 Å². The topological polar surface area (TPSA) is 12.0 Å². The zero-order chi connectivity index (χ0) is 9.26. The van der Waals surface area contributed by atoms with Gasteiger partial charge in [0.25, 0.3) is 0 Å². The van der Waals surface area contributed by atoms with Crippen molar-refractivity contribution in [2.24, 2.45) is 0 Å². The van der Waals surface area contributed by atoms with Crippen molar-refractivity contribution in [3.8, 4) is 0 Å². The van der Waals surface area contributed by atoms with Crippen LogP contribution in [-0.4, -0.2) is 6.04 Å². The minimum Gasteiger partial charge on any atom is -0.310 e.